The SMILES string of the molecule is CNc1nc(C(C)C)nc(-c2cc(C)ccc2F)c1C. The molecule has 0 aliphatic heterocycles. The van der Waals surface area contributed by atoms with E-state index in [2.05, 4.69) is 15.3 Å². The van der Waals surface area contributed by atoms with Gasteiger partial charge in [-0.3, -0.25) is 0 Å². The van der Waals surface area contributed by atoms with Crippen LogP contribution in [0.25, 0.3) is 11.3 Å². The highest BCUT2D eigenvalue weighted by Gasteiger charge is 2.16. The molecule has 0 aliphatic carbocycles. The Morgan fingerprint density at radius 3 is 2.45 bits per heavy atom. The minimum absolute atomic E-state index is 0.189. The monoisotopic (exact) mass is 273 g/mol. The van der Waals surface area contributed by atoms with Gasteiger partial charge in [-0.1, -0.05) is 25.5 Å². The average molecular weight is 273 g/mol. The Bertz CT molecular complexity index is 636. The van der Waals surface area contributed by atoms with Crippen LogP contribution < -0.4 is 5.32 Å². The highest BCUT2D eigenvalue weighted by molar-refractivity contribution is 5.69. The topological polar surface area (TPSA) is 37.8 Å². The van der Waals surface area contributed by atoms with Crippen molar-refractivity contribution >= 4 is 5.82 Å². The largest absolute Gasteiger partial charge is 0.373 e. The van der Waals surface area contributed by atoms with Crippen LogP contribution in [-0.4, -0.2) is 17.0 Å². The Morgan fingerprint density at radius 1 is 1.15 bits per heavy atom. The summed E-state index contributed by atoms with van der Waals surface area (Å²) in [5, 5.41) is 3.06. The normalized spacial score (nSPS) is 10.9. The van der Waals surface area contributed by atoms with E-state index in [4.69, 9.17) is 0 Å². The van der Waals surface area contributed by atoms with E-state index in [0.29, 0.717) is 11.3 Å². The molecule has 0 aliphatic rings. The molecule has 1 aromatic heterocycles. The molecule has 0 unspecified atom stereocenters. The molecule has 0 radical (unpaired) electrons. The number of hydrogen-bond donors (Lipinski definition) is 1. The molecule has 1 N–H and O–H groups in total. The van der Waals surface area contributed by atoms with Crippen molar-refractivity contribution < 1.29 is 4.39 Å². The summed E-state index contributed by atoms with van der Waals surface area (Å²) in [7, 11) is 1.82. The zero-order valence-electron chi connectivity index (χ0n) is 12.6. The Balaban J connectivity index is 2.72. The van der Waals surface area contributed by atoms with Crippen LogP contribution in [-0.2, 0) is 0 Å². The van der Waals surface area contributed by atoms with Crippen molar-refractivity contribution in [2.75, 3.05) is 12.4 Å². The van der Waals surface area contributed by atoms with Crippen LogP contribution in [0, 0.1) is 19.7 Å². The second kappa shape index (κ2) is 5.57. The zero-order chi connectivity index (χ0) is 14.9. The molecular formula is C16H20FN3. The van der Waals surface area contributed by atoms with Crippen molar-refractivity contribution in [2.45, 2.75) is 33.6 Å². The second-order valence-corrected chi connectivity index (χ2v) is 5.29. The summed E-state index contributed by atoms with van der Waals surface area (Å²) >= 11 is 0. The van der Waals surface area contributed by atoms with Crippen LogP contribution in [0.15, 0.2) is 18.2 Å². The van der Waals surface area contributed by atoms with E-state index < -0.39 is 0 Å². The molecular weight excluding hydrogens is 253 g/mol. The molecule has 1 aromatic carbocycles. The Morgan fingerprint density at radius 2 is 1.85 bits per heavy atom. The third-order valence-electron chi connectivity index (χ3n) is 3.29. The minimum Gasteiger partial charge on any atom is -0.373 e. The van der Waals surface area contributed by atoms with Gasteiger partial charge in [0.25, 0.3) is 0 Å². The molecule has 106 valence electrons. The maximum Gasteiger partial charge on any atom is 0.133 e. The molecule has 2 rings (SSSR count). The number of benzene rings is 1. The predicted octanol–water partition coefficient (Wildman–Crippen LogP) is 4.06. The lowest BCUT2D eigenvalue weighted by Crippen LogP contribution is -2.07. The Hall–Kier alpha value is -1.97. The molecule has 0 atom stereocenters. The quantitative estimate of drug-likeness (QED) is 0.916. The maximum absolute atomic E-state index is 14.1. The molecule has 2 aromatic rings. The minimum atomic E-state index is -0.255. The number of hydrogen-bond acceptors (Lipinski definition) is 3. The van der Waals surface area contributed by atoms with Gasteiger partial charge in [0, 0.05) is 24.1 Å². The van der Waals surface area contributed by atoms with Gasteiger partial charge in [-0.2, -0.15) is 0 Å². The van der Waals surface area contributed by atoms with E-state index in [-0.39, 0.29) is 11.7 Å². The lowest BCUT2D eigenvalue weighted by atomic mass is 10.0. The van der Waals surface area contributed by atoms with E-state index >= 15 is 0 Å². The first kappa shape index (κ1) is 14.4. The third kappa shape index (κ3) is 2.64. The smallest absolute Gasteiger partial charge is 0.133 e. The highest BCUT2D eigenvalue weighted by atomic mass is 19.1. The number of aromatic nitrogens is 2. The van der Waals surface area contributed by atoms with Gasteiger partial charge < -0.3 is 5.32 Å². The fourth-order valence-electron chi connectivity index (χ4n) is 2.12. The third-order valence-corrected chi connectivity index (χ3v) is 3.29. The number of anilines is 1. The van der Waals surface area contributed by atoms with Crippen LogP contribution >= 0.6 is 0 Å². The van der Waals surface area contributed by atoms with Gasteiger partial charge in [0.05, 0.1) is 5.69 Å². The summed E-state index contributed by atoms with van der Waals surface area (Å²) in [6.45, 7) is 7.91. The van der Waals surface area contributed by atoms with Gasteiger partial charge in [-0.05, 0) is 26.0 Å². The summed E-state index contributed by atoms with van der Waals surface area (Å²) in [5.74, 6) is 1.40. The van der Waals surface area contributed by atoms with E-state index in [1.165, 1.54) is 6.07 Å². The standard InChI is InChI=1S/C16H20FN3/c1-9(2)15-19-14(11(4)16(18-5)20-15)12-8-10(3)6-7-13(12)17/h6-9H,1-5H3,(H,18,19,20). The van der Waals surface area contributed by atoms with Gasteiger partial charge in [-0.15, -0.1) is 0 Å². The molecule has 0 amide bonds. The van der Waals surface area contributed by atoms with Crippen LogP contribution in [0.1, 0.15) is 36.7 Å². The van der Waals surface area contributed by atoms with Crippen molar-refractivity contribution in [3.63, 3.8) is 0 Å². The fourth-order valence-corrected chi connectivity index (χ4v) is 2.12. The van der Waals surface area contributed by atoms with Crippen molar-refractivity contribution in [1.82, 2.24) is 9.97 Å². The number of nitrogens with one attached hydrogen (secondary N) is 1. The van der Waals surface area contributed by atoms with Gasteiger partial charge in [0.2, 0.25) is 0 Å². The molecule has 0 bridgehead atoms. The molecule has 0 saturated heterocycles. The van der Waals surface area contributed by atoms with Crippen molar-refractivity contribution in [2.24, 2.45) is 0 Å². The number of nitrogens with zero attached hydrogens (tertiary/aromatic N) is 2. The number of aryl methyl sites for hydroxylation is 1. The van der Waals surface area contributed by atoms with Crippen molar-refractivity contribution in [3.05, 3.63) is 41.0 Å². The summed E-state index contributed by atoms with van der Waals surface area (Å²) < 4.78 is 14.1. The number of halogens is 1. The van der Waals surface area contributed by atoms with Crippen molar-refractivity contribution in [3.8, 4) is 11.3 Å². The van der Waals surface area contributed by atoms with E-state index in [9.17, 15) is 4.39 Å². The first-order valence-electron chi connectivity index (χ1n) is 6.76. The molecule has 0 spiro atoms. The van der Waals surface area contributed by atoms with Gasteiger partial charge >= 0.3 is 0 Å². The molecule has 4 heteroatoms. The summed E-state index contributed by atoms with van der Waals surface area (Å²) in [6.07, 6.45) is 0. The summed E-state index contributed by atoms with van der Waals surface area (Å²) in [5.41, 5.74) is 3.07. The Kier molecular flexibility index (Phi) is 4.02. The second-order valence-electron chi connectivity index (χ2n) is 5.29. The van der Waals surface area contributed by atoms with Crippen LogP contribution in [0.5, 0.6) is 0 Å². The number of rotatable bonds is 3. The predicted molar refractivity (Wildman–Crippen MR) is 80.5 cm³/mol. The lowest BCUT2D eigenvalue weighted by Gasteiger charge is -2.14. The van der Waals surface area contributed by atoms with Gasteiger partial charge in [0.1, 0.15) is 17.5 Å². The van der Waals surface area contributed by atoms with Crippen LogP contribution in [0.2, 0.25) is 0 Å². The molecule has 1 heterocycles. The van der Waals surface area contributed by atoms with Crippen LogP contribution in [0.4, 0.5) is 10.2 Å². The zero-order valence-corrected chi connectivity index (χ0v) is 12.6. The molecule has 20 heavy (non-hydrogen) atoms. The van der Waals surface area contributed by atoms with Gasteiger partial charge in [-0.25, -0.2) is 14.4 Å². The maximum atomic E-state index is 14.1. The average Bonchev–Trinajstić information content (AvgIpc) is 2.41. The van der Waals surface area contributed by atoms with Crippen molar-refractivity contribution in [1.29, 1.82) is 0 Å². The first-order valence-corrected chi connectivity index (χ1v) is 6.76. The van der Waals surface area contributed by atoms with Gasteiger partial charge in [0.15, 0.2) is 0 Å². The summed E-state index contributed by atoms with van der Waals surface area (Å²) in [6, 6.07) is 5.08. The fraction of sp³-hybridized carbons (Fsp3) is 0.375. The van der Waals surface area contributed by atoms with E-state index in [0.717, 1.165) is 22.8 Å². The molecule has 0 saturated carbocycles. The molecule has 0 fully saturated rings. The summed E-state index contributed by atoms with van der Waals surface area (Å²) in [4.78, 5) is 9.05. The highest BCUT2D eigenvalue weighted by Crippen LogP contribution is 2.29. The first-order chi connectivity index (χ1) is 9.43. The van der Waals surface area contributed by atoms with E-state index in [1.807, 2.05) is 40.8 Å². The molecule has 3 nitrogen and oxygen atoms in total. The lowest BCUT2D eigenvalue weighted by molar-refractivity contribution is 0.629. The Labute approximate surface area is 119 Å². The van der Waals surface area contributed by atoms with Crippen LogP contribution in [0.3, 0.4) is 0 Å². The van der Waals surface area contributed by atoms with E-state index in [1.54, 1.807) is 6.07 Å².